The number of sulfonamides is 1. The van der Waals surface area contributed by atoms with Crippen LogP contribution < -0.4 is 10.0 Å². The van der Waals surface area contributed by atoms with E-state index in [2.05, 4.69) is 20.1 Å². The van der Waals surface area contributed by atoms with Gasteiger partial charge in [-0.1, -0.05) is 13.0 Å². The van der Waals surface area contributed by atoms with Gasteiger partial charge in [-0.2, -0.15) is 13.5 Å². The van der Waals surface area contributed by atoms with Crippen LogP contribution in [0, 0.1) is 0 Å². The fourth-order valence-electron chi connectivity index (χ4n) is 1.96. The van der Waals surface area contributed by atoms with Crippen LogP contribution in [0.4, 0.5) is 5.69 Å². The maximum absolute atomic E-state index is 12.3. The van der Waals surface area contributed by atoms with Gasteiger partial charge in [0.1, 0.15) is 0 Å². The first kappa shape index (κ1) is 15.5. The van der Waals surface area contributed by atoms with Crippen molar-refractivity contribution in [3.05, 3.63) is 35.8 Å². The molecule has 0 amide bonds. The highest BCUT2D eigenvalue weighted by Gasteiger charge is 2.18. The molecule has 0 atom stereocenters. The van der Waals surface area contributed by atoms with Gasteiger partial charge in [-0.25, -0.2) is 4.98 Å². The van der Waals surface area contributed by atoms with E-state index in [-0.39, 0.29) is 5.03 Å². The van der Waals surface area contributed by atoms with Crippen LogP contribution in [-0.4, -0.2) is 30.2 Å². The lowest BCUT2D eigenvalue weighted by Gasteiger charge is -2.07. The quantitative estimate of drug-likeness (QED) is 0.827. The lowest BCUT2D eigenvalue weighted by atomic mass is 10.3. The van der Waals surface area contributed by atoms with E-state index in [0.717, 1.165) is 5.56 Å². The Morgan fingerprint density at radius 1 is 1.33 bits per heavy atom. The molecule has 0 aliphatic heterocycles. The minimum Gasteiger partial charge on any atom is -0.316 e. The molecule has 114 valence electrons. The van der Waals surface area contributed by atoms with Crippen LogP contribution >= 0.6 is 0 Å². The summed E-state index contributed by atoms with van der Waals surface area (Å²) in [5, 5.41) is 7.18. The SMILES string of the molecule is CCc1nn(C)cc1NS(=O)(=O)c1ccc(CNC)cn1. The minimum absolute atomic E-state index is 0.00624. The average molecular weight is 309 g/mol. The first-order valence-electron chi connectivity index (χ1n) is 6.61. The third-order valence-electron chi connectivity index (χ3n) is 2.94. The van der Waals surface area contributed by atoms with Crippen molar-refractivity contribution >= 4 is 15.7 Å². The van der Waals surface area contributed by atoms with Gasteiger partial charge in [-0.05, 0) is 25.1 Å². The fourth-order valence-corrected chi connectivity index (χ4v) is 2.96. The highest BCUT2D eigenvalue weighted by molar-refractivity contribution is 7.92. The number of rotatable bonds is 6. The predicted molar refractivity (Wildman–Crippen MR) is 80.4 cm³/mol. The van der Waals surface area contributed by atoms with E-state index in [1.807, 2.05) is 14.0 Å². The van der Waals surface area contributed by atoms with Gasteiger partial charge in [0.15, 0.2) is 5.03 Å². The molecule has 0 bridgehead atoms. The van der Waals surface area contributed by atoms with Crippen molar-refractivity contribution in [3.8, 4) is 0 Å². The second kappa shape index (κ2) is 6.23. The molecule has 8 heteroatoms. The van der Waals surface area contributed by atoms with E-state index in [9.17, 15) is 8.42 Å². The summed E-state index contributed by atoms with van der Waals surface area (Å²) < 4.78 is 28.8. The van der Waals surface area contributed by atoms with Crippen LogP contribution in [0.3, 0.4) is 0 Å². The van der Waals surface area contributed by atoms with E-state index in [1.54, 1.807) is 30.2 Å². The molecule has 0 saturated heterocycles. The van der Waals surface area contributed by atoms with Crippen molar-refractivity contribution < 1.29 is 8.42 Å². The van der Waals surface area contributed by atoms with Crippen LogP contribution in [0.2, 0.25) is 0 Å². The molecule has 0 spiro atoms. The van der Waals surface area contributed by atoms with E-state index in [0.29, 0.717) is 24.3 Å². The number of aryl methyl sites for hydroxylation is 2. The van der Waals surface area contributed by atoms with Gasteiger partial charge in [0, 0.05) is 26.0 Å². The Morgan fingerprint density at radius 3 is 2.67 bits per heavy atom. The van der Waals surface area contributed by atoms with E-state index in [1.165, 1.54) is 6.07 Å². The molecule has 0 unspecified atom stereocenters. The summed E-state index contributed by atoms with van der Waals surface area (Å²) in [4.78, 5) is 4.01. The second-order valence-corrected chi connectivity index (χ2v) is 6.29. The molecule has 0 saturated carbocycles. The maximum atomic E-state index is 12.3. The van der Waals surface area contributed by atoms with Crippen molar-refractivity contribution in [1.29, 1.82) is 0 Å². The second-order valence-electron chi connectivity index (χ2n) is 4.66. The van der Waals surface area contributed by atoms with Crippen LogP contribution in [0.25, 0.3) is 0 Å². The van der Waals surface area contributed by atoms with Crippen molar-refractivity contribution in [1.82, 2.24) is 20.1 Å². The van der Waals surface area contributed by atoms with Crippen LogP contribution in [-0.2, 0) is 30.0 Å². The van der Waals surface area contributed by atoms with Crippen LogP contribution in [0.5, 0.6) is 0 Å². The predicted octanol–water partition coefficient (Wildman–Crippen LogP) is 0.898. The van der Waals surface area contributed by atoms with Gasteiger partial charge in [0.2, 0.25) is 0 Å². The zero-order valence-electron chi connectivity index (χ0n) is 12.3. The zero-order chi connectivity index (χ0) is 15.5. The first-order chi connectivity index (χ1) is 9.96. The Labute approximate surface area is 124 Å². The standard InChI is InChI=1S/C13H19N5O2S/c1-4-11-12(9-18(3)16-11)17-21(19,20)13-6-5-10(7-14-2)8-15-13/h5-6,8-9,14,17H,4,7H2,1-3H3. The summed E-state index contributed by atoms with van der Waals surface area (Å²) >= 11 is 0. The average Bonchev–Trinajstić information content (AvgIpc) is 2.79. The fraction of sp³-hybridized carbons (Fsp3) is 0.385. The number of nitrogens with zero attached hydrogens (tertiary/aromatic N) is 3. The van der Waals surface area contributed by atoms with Crippen LogP contribution in [0.15, 0.2) is 29.6 Å². The van der Waals surface area contributed by atoms with Gasteiger partial charge in [-0.3, -0.25) is 9.40 Å². The number of aromatic nitrogens is 3. The van der Waals surface area contributed by atoms with E-state index < -0.39 is 10.0 Å². The molecule has 2 aromatic rings. The lowest BCUT2D eigenvalue weighted by molar-refractivity contribution is 0.597. The molecule has 0 aliphatic rings. The molecular weight excluding hydrogens is 290 g/mol. The molecule has 0 aliphatic carbocycles. The van der Waals surface area contributed by atoms with Crippen molar-refractivity contribution in [2.24, 2.45) is 7.05 Å². The summed E-state index contributed by atoms with van der Waals surface area (Å²) in [6, 6.07) is 3.24. The number of hydrogen-bond donors (Lipinski definition) is 2. The summed E-state index contributed by atoms with van der Waals surface area (Å²) in [7, 11) is -0.127. The molecule has 2 N–H and O–H groups in total. The van der Waals surface area contributed by atoms with Crippen LogP contribution in [0.1, 0.15) is 18.2 Å². The van der Waals surface area contributed by atoms with Crippen molar-refractivity contribution in [2.45, 2.75) is 24.9 Å². The lowest BCUT2D eigenvalue weighted by Crippen LogP contribution is -2.15. The molecule has 0 aromatic carbocycles. The molecule has 0 fully saturated rings. The normalized spacial score (nSPS) is 11.6. The Kier molecular flexibility index (Phi) is 4.59. The monoisotopic (exact) mass is 309 g/mol. The number of nitrogens with one attached hydrogen (secondary N) is 2. The van der Waals surface area contributed by atoms with Gasteiger partial charge in [0.05, 0.1) is 11.4 Å². The number of hydrogen-bond acceptors (Lipinski definition) is 5. The van der Waals surface area contributed by atoms with Gasteiger partial charge in [-0.15, -0.1) is 0 Å². The minimum atomic E-state index is -3.70. The highest BCUT2D eigenvalue weighted by atomic mass is 32.2. The third-order valence-corrected chi connectivity index (χ3v) is 4.22. The zero-order valence-corrected chi connectivity index (χ0v) is 13.1. The topological polar surface area (TPSA) is 88.9 Å². The summed E-state index contributed by atoms with van der Waals surface area (Å²) in [5.74, 6) is 0. The number of anilines is 1. The smallest absolute Gasteiger partial charge is 0.279 e. The molecular formula is C13H19N5O2S. The highest BCUT2D eigenvalue weighted by Crippen LogP contribution is 2.18. The maximum Gasteiger partial charge on any atom is 0.279 e. The summed E-state index contributed by atoms with van der Waals surface area (Å²) in [6.45, 7) is 2.56. The summed E-state index contributed by atoms with van der Waals surface area (Å²) in [6.07, 6.45) is 3.84. The molecule has 0 radical (unpaired) electrons. The van der Waals surface area contributed by atoms with Gasteiger partial charge < -0.3 is 5.32 Å². The van der Waals surface area contributed by atoms with E-state index in [4.69, 9.17) is 0 Å². The number of pyridine rings is 1. The molecule has 2 aromatic heterocycles. The van der Waals surface area contributed by atoms with E-state index >= 15 is 0 Å². The van der Waals surface area contributed by atoms with Gasteiger partial charge >= 0.3 is 0 Å². The molecule has 7 nitrogen and oxygen atoms in total. The Hall–Kier alpha value is -1.93. The largest absolute Gasteiger partial charge is 0.316 e. The Balaban J connectivity index is 2.25. The van der Waals surface area contributed by atoms with Crippen molar-refractivity contribution in [3.63, 3.8) is 0 Å². The van der Waals surface area contributed by atoms with Crippen molar-refractivity contribution in [2.75, 3.05) is 11.8 Å². The Bertz CT molecular complexity index is 707. The molecule has 2 heterocycles. The Morgan fingerprint density at radius 2 is 2.10 bits per heavy atom. The van der Waals surface area contributed by atoms with Gasteiger partial charge in [0.25, 0.3) is 10.0 Å². The first-order valence-corrected chi connectivity index (χ1v) is 8.09. The molecule has 2 rings (SSSR count). The summed E-state index contributed by atoms with van der Waals surface area (Å²) in [5.41, 5.74) is 2.11. The third kappa shape index (κ3) is 3.59. The molecule has 21 heavy (non-hydrogen) atoms.